The summed E-state index contributed by atoms with van der Waals surface area (Å²) in [6.07, 6.45) is 0.842. The minimum Gasteiger partial charge on any atom is -0.382 e. The zero-order chi connectivity index (χ0) is 12.1. The van der Waals surface area contributed by atoms with Gasteiger partial charge in [-0.1, -0.05) is 0 Å². The number of carbonyl (C=O) groups is 1. The van der Waals surface area contributed by atoms with E-state index in [0.29, 0.717) is 18.8 Å². The standard InChI is InChI=1S/C12H16N2O2S/c1-2-16-6-3-5-13-12(15)10-8-11-9(14-10)4-7-17-11/h4,7-8,14H,2-3,5-6H2,1H3,(H,13,15). The summed E-state index contributed by atoms with van der Waals surface area (Å²) in [5, 5.41) is 4.87. The van der Waals surface area contributed by atoms with Crippen molar-refractivity contribution in [2.45, 2.75) is 13.3 Å². The number of aromatic amines is 1. The van der Waals surface area contributed by atoms with Crippen molar-refractivity contribution in [1.29, 1.82) is 0 Å². The zero-order valence-corrected chi connectivity index (χ0v) is 10.6. The molecule has 92 valence electrons. The van der Waals surface area contributed by atoms with Gasteiger partial charge in [0, 0.05) is 19.8 Å². The Balaban J connectivity index is 1.81. The number of nitrogens with one attached hydrogen (secondary N) is 2. The number of thiophene rings is 1. The first-order valence-electron chi connectivity index (χ1n) is 5.73. The molecule has 2 heterocycles. The van der Waals surface area contributed by atoms with E-state index in [1.54, 1.807) is 11.3 Å². The summed E-state index contributed by atoms with van der Waals surface area (Å²) in [5.74, 6) is -0.0510. The van der Waals surface area contributed by atoms with Gasteiger partial charge >= 0.3 is 0 Å². The molecule has 0 bridgehead atoms. The maximum Gasteiger partial charge on any atom is 0.267 e. The second-order valence-corrected chi connectivity index (χ2v) is 4.64. The van der Waals surface area contributed by atoms with Crippen molar-refractivity contribution in [3.05, 3.63) is 23.2 Å². The zero-order valence-electron chi connectivity index (χ0n) is 9.79. The summed E-state index contributed by atoms with van der Waals surface area (Å²) in [6.45, 7) is 4.02. The number of amides is 1. The molecule has 17 heavy (non-hydrogen) atoms. The molecule has 2 aromatic heterocycles. The van der Waals surface area contributed by atoms with Crippen LogP contribution in [0.1, 0.15) is 23.8 Å². The smallest absolute Gasteiger partial charge is 0.267 e. The van der Waals surface area contributed by atoms with Crippen molar-refractivity contribution < 1.29 is 9.53 Å². The van der Waals surface area contributed by atoms with Crippen LogP contribution in [0, 0.1) is 0 Å². The van der Waals surface area contributed by atoms with Gasteiger partial charge in [0.05, 0.1) is 10.2 Å². The van der Waals surface area contributed by atoms with Crippen LogP contribution in [0.4, 0.5) is 0 Å². The summed E-state index contributed by atoms with van der Waals surface area (Å²) in [6, 6.07) is 3.86. The number of hydrogen-bond acceptors (Lipinski definition) is 3. The second kappa shape index (κ2) is 5.84. The fourth-order valence-electron chi connectivity index (χ4n) is 1.59. The molecule has 4 nitrogen and oxygen atoms in total. The molecule has 0 atom stereocenters. The highest BCUT2D eigenvalue weighted by Gasteiger charge is 2.08. The van der Waals surface area contributed by atoms with Gasteiger partial charge in [0.1, 0.15) is 5.69 Å². The lowest BCUT2D eigenvalue weighted by Crippen LogP contribution is -2.25. The summed E-state index contributed by atoms with van der Waals surface area (Å²) < 4.78 is 6.31. The predicted molar refractivity (Wildman–Crippen MR) is 69.6 cm³/mol. The lowest BCUT2D eigenvalue weighted by Gasteiger charge is -2.03. The Labute approximate surface area is 104 Å². The molecule has 0 aliphatic heterocycles. The Kier molecular flexibility index (Phi) is 4.17. The highest BCUT2D eigenvalue weighted by molar-refractivity contribution is 7.17. The summed E-state index contributed by atoms with van der Waals surface area (Å²) in [5.41, 5.74) is 1.65. The van der Waals surface area contributed by atoms with E-state index >= 15 is 0 Å². The molecular weight excluding hydrogens is 236 g/mol. The minimum absolute atomic E-state index is 0.0510. The molecule has 0 aliphatic carbocycles. The molecule has 0 unspecified atom stereocenters. The van der Waals surface area contributed by atoms with E-state index in [1.807, 2.05) is 24.4 Å². The highest BCUT2D eigenvalue weighted by Crippen LogP contribution is 2.20. The lowest BCUT2D eigenvalue weighted by molar-refractivity contribution is 0.0940. The molecule has 0 saturated heterocycles. The van der Waals surface area contributed by atoms with E-state index in [0.717, 1.165) is 23.2 Å². The molecule has 2 aromatic rings. The molecule has 0 aliphatic rings. The number of aromatic nitrogens is 1. The van der Waals surface area contributed by atoms with Gasteiger partial charge in [0.2, 0.25) is 0 Å². The van der Waals surface area contributed by atoms with Crippen LogP contribution in [-0.2, 0) is 4.74 Å². The molecule has 0 fully saturated rings. The van der Waals surface area contributed by atoms with Crippen LogP contribution in [0.3, 0.4) is 0 Å². The van der Waals surface area contributed by atoms with Crippen LogP contribution in [0.5, 0.6) is 0 Å². The molecule has 0 aromatic carbocycles. The summed E-state index contributed by atoms with van der Waals surface area (Å²) >= 11 is 1.63. The SMILES string of the molecule is CCOCCCNC(=O)c1cc2sccc2[nH]1. The van der Waals surface area contributed by atoms with Crippen LogP contribution >= 0.6 is 11.3 Å². The summed E-state index contributed by atoms with van der Waals surface area (Å²) in [7, 11) is 0. The molecule has 2 N–H and O–H groups in total. The topological polar surface area (TPSA) is 54.1 Å². The number of hydrogen-bond donors (Lipinski definition) is 2. The minimum atomic E-state index is -0.0510. The number of rotatable bonds is 6. The average molecular weight is 252 g/mol. The number of carbonyl (C=O) groups excluding carboxylic acids is 1. The molecule has 1 amide bonds. The first-order chi connectivity index (χ1) is 8.31. The highest BCUT2D eigenvalue weighted by atomic mass is 32.1. The number of ether oxygens (including phenoxy) is 1. The van der Waals surface area contributed by atoms with E-state index in [-0.39, 0.29) is 5.91 Å². The predicted octanol–water partition coefficient (Wildman–Crippen LogP) is 2.39. The van der Waals surface area contributed by atoms with Gasteiger partial charge in [-0.2, -0.15) is 0 Å². The van der Waals surface area contributed by atoms with Gasteiger partial charge in [-0.05, 0) is 30.9 Å². The van der Waals surface area contributed by atoms with Crippen LogP contribution in [0.25, 0.3) is 10.2 Å². The normalized spacial score (nSPS) is 10.9. The molecule has 0 spiro atoms. The third-order valence-corrected chi connectivity index (χ3v) is 3.30. The Morgan fingerprint density at radius 2 is 2.47 bits per heavy atom. The second-order valence-electron chi connectivity index (χ2n) is 3.69. The van der Waals surface area contributed by atoms with Crippen molar-refractivity contribution >= 4 is 27.5 Å². The molecule has 5 heteroatoms. The molecule has 0 saturated carbocycles. The van der Waals surface area contributed by atoms with E-state index < -0.39 is 0 Å². The van der Waals surface area contributed by atoms with Crippen LogP contribution in [0.2, 0.25) is 0 Å². The quantitative estimate of drug-likeness (QED) is 0.776. The van der Waals surface area contributed by atoms with Crippen molar-refractivity contribution in [1.82, 2.24) is 10.3 Å². The van der Waals surface area contributed by atoms with Crippen LogP contribution < -0.4 is 5.32 Å². The third kappa shape index (κ3) is 3.08. The maximum atomic E-state index is 11.8. The van der Waals surface area contributed by atoms with E-state index in [2.05, 4.69) is 10.3 Å². The molecule has 0 radical (unpaired) electrons. The van der Waals surface area contributed by atoms with Gasteiger partial charge in [-0.3, -0.25) is 4.79 Å². The maximum absolute atomic E-state index is 11.8. The van der Waals surface area contributed by atoms with Crippen molar-refractivity contribution in [2.75, 3.05) is 19.8 Å². The first-order valence-corrected chi connectivity index (χ1v) is 6.61. The fraction of sp³-hybridized carbons (Fsp3) is 0.417. The monoisotopic (exact) mass is 252 g/mol. The molecule has 2 rings (SSSR count). The van der Waals surface area contributed by atoms with Gasteiger partial charge in [-0.25, -0.2) is 0 Å². The third-order valence-electron chi connectivity index (χ3n) is 2.44. The average Bonchev–Trinajstić information content (AvgIpc) is 2.88. The molecular formula is C12H16N2O2S. The van der Waals surface area contributed by atoms with E-state index in [1.165, 1.54) is 0 Å². The fourth-order valence-corrected chi connectivity index (χ4v) is 2.37. The Hall–Kier alpha value is -1.33. The summed E-state index contributed by atoms with van der Waals surface area (Å²) in [4.78, 5) is 14.9. The number of fused-ring (bicyclic) bond motifs is 1. The lowest BCUT2D eigenvalue weighted by atomic mass is 10.4. The van der Waals surface area contributed by atoms with Crippen molar-refractivity contribution in [2.24, 2.45) is 0 Å². The number of H-pyrrole nitrogens is 1. The van der Waals surface area contributed by atoms with Crippen LogP contribution in [-0.4, -0.2) is 30.6 Å². The van der Waals surface area contributed by atoms with Gasteiger partial charge < -0.3 is 15.0 Å². The Morgan fingerprint density at radius 3 is 3.24 bits per heavy atom. The van der Waals surface area contributed by atoms with E-state index in [4.69, 9.17) is 4.74 Å². The largest absolute Gasteiger partial charge is 0.382 e. The van der Waals surface area contributed by atoms with Gasteiger partial charge in [0.15, 0.2) is 0 Å². The van der Waals surface area contributed by atoms with E-state index in [9.17, 15) is 4.79 Å². The first kappa shape index (κ1) is 12.1. The van der Waals surface area contributed by atoms with Crippen molar-refractivity contribution in [3.63, 3.8) is 0 Å². The Morgan fingerprint density at radius 1 is 1.59 bits per heavy atom. The van der Waals surface area contributed by atoms with Gasteiger partial charge in [-0.15, -0.1) is 11.3 Å². The van der Waals surface area contributed by atoms with Crippen molar-refractivity contribution in [3.8, 4) is 0 Å². The van der Waals surface area contributed by atoms with Gasteiger partial charge in [0.25, 0.3) is 5.91 Å². The Bertz CT molecular complexity index is 461. The van der Waals surface area contributed by atoms with Crippen LogP contribution in [0.15, 0.2) is 17.5 Å².